The van der Waals surface area contributed by atoms with Gasteiger partial charge in [-0.1, -0.05) is 24.3 Å². The zero-order valence-corrected chi connectivity index (χ0v) is 17.0. The van der Waals surface area contributed by atoms with Crippen LogP contribution < -0.4 is 14.8 Å². The zero-order chi connectivity index (χ0) is 20.2. The lowest BCUT2D eigenvalue weighted by atomic mass is 10.2. The number of thiazole rings is 1. The summed E-state index contributed by atoms with van der Waals surface area (Å²) in [4.78, 5) is 28.8. The van der Waals surface area contributed by atoms with Crippen LogP contribution in [-0.4, -0.2) is 41.7 Å². The predicted octanol–water partition coefficient (Wildman–Crippen LogP) is 1.32. The summed E-state index contributed by atoms with van der Waals surface area (Å²) in [5.74, 6) is -0.371. The topological polar surface area (TPSA) is 75.3 Å². The van der Waals surface area contributed by atoms with Gasteiger partial charge in [-0.3, -0.25) is 14.2 Å². The third-order valence-electron chi connectivity index (χ3n) is 4.49. The van der Waals surface area contributed by atoms with E-state index in [-0.39, 0.29) is 17.0 Å². The summed E-state index contributed by atoms with van der Waals surface area (Å²) in [7, 11) is 0. The highest BCUT2D eigenvalue weighted by molar-refractivity contribution is 7.11. The number of carbonyl (C=O) groups is 1. The summed E-state index contributed by atoms with van der Waals surface area (Å²) >= 11 is 2.69. The van der Waals surface area contributed by atoms with E-state index in [0.29, 0.717) is 41.2 Å². The molecular weight excluding hydrogens is 406 g/mol. The van der Waals surface area contributed by atoms with Gasteiger partial charge >= 0.3 is 0 Å². The molecule has 1 aliphatic heterocycles. The number of amides is 1. The summed E-state index contributed by atoms with van der Waals surface area (Å²) in [5.41, 5.74) is 0.355. The minimum absolute atomic E-state index is 0.0244. The molecule has 146 valence electrons. The van der Waals surface area contributed by atoms with E-state index >= 15 is 0 Å². The van der Waals surface area contributed by atoms with Crippen LogP contribution >= 0.6 is 22.7 Å². The van der Waals surface area contributed by atoms with Crippen LogP contribution in [-0.2, 0) is 9.53 Å². The lowest BCUT2D eigenvalue weighted by molar-refractivity contribution is -0.128. The Balaban J connectivity index is 1.98. The van der Waals surface area contributed by atoms with E-state index in [1.54, 1.807) is 23.1 Å². The number of aromatic nitrogens is 1. The quantitative estimate of drug-likeness (QED) is 0.637. The molecule has 0 spiro atoms. The molecule has 1 aromatic carbocycles. The number of ether oxygens (including phenoxy) is 1. The van der Waals surface area contributed by atoms with E-state index in [9.17, 15) is 14.9 Å². The Labute approximate surface area is 174 Å². The Morgan fingerprint density at radius 1 is 1.14 bits per heavy atom. The van der Waals surface area contributed by atoms with Crippen LogP contribution in [0.5, 0.6) is 0 Å². The van der Waals surface area contributed by atoms with Gasteiger partial charge in [-0.25, -0.2) is 0 Å². The van der Waals surface area contributed by atoms with Crippen molar-refractivity contribution in [1.82, 2.24) is 9.47 Å². The predicted molar refractivity (Wildman–Crippen MR) is 113 cm³/mol. The molecule has 0 unspecified atom stereocenters. The molecule has 1 fully saturated rings. The summed E-state index contributed by atoms with van der Waals surface area (Å²) in [6.45, 7) is 1.74. The molecule has 0 bridgehead atoms. The molecule has 0 radical (unpaired) electrons. The van der Waals surface area contributed by atoms with Gasteiger partial charge in [0.25, 0.3) is 11.5 Å². The van der Waals surface area contributed by atoms with E-state index in [4.69, 9.17) is 4.74 Å². The number of carbonyl (C=O) groups excluding carboxylic acids is 1. The van der Waals surface area contributed by atoms with Crippen molar-refractivity contribution in [3.8, 4) is 11.8 Å². The number of nitrogens with zero attached hydrogens (tertiary/aromatic N) is 3. The SMILES string of the molecule is N#C/C(C(=O)N1CCOCC1)=c1/s/c(=C\c2cccs2)c(=O)n1-c1ccccc1. The molecule has 1 amide bonds. The molecule has 0 atom stereocenters. The van der Waals surface area contributed by atoms with Gasteiger partial charge in [-0.2, -0.15) is 5.26 Å². The minimum atomic E-state index is -0.371. The monoisotopic (exact) mass is 423 g/mol. The lowest BCUT2D eigenvalue weighted by Gasteiger charge is -2.26. The van der Waals surface area contributed by atoms with Crippen LogP contribution in [0.25, 0.3) is 17.3 Å². The fraction of sp³-hybridized carbons (Fsp3) is 0.190. The van der Waals surface area contributed by atoms with Crippen molar-refractivity contribution in [2.75, 3.05) is 26.3 Å². The molecule has 6 nitrogen and oxygen atoms in total. The van der Waals surface area contributed by atoms with Crippen molar-refractivity contribution in [3.63, 3.8) is 0 Å². The van der Waals surface area contributed by atoms with Gasteiger partial charge < -0.3 is 9.64 Å². The third kappa shape index (κ3) is 3.93. The lowest BCUT2D eigenvalue weighted by Crippen LogP contribution is -2.42. The van der Waals surface area contributed by atoms with Gasteiger partial charge in [-0.15, -0.1) is 22.7 Å². The van der Waals surface area contributed by atoms with Gasteiger partial charge in [0.15, 0.2) is 5.57 Å². The number of hydrogen-bond acceptors (Lipinski definition) is 6. The average Bonchev–Trinajstić information content (AvgIpc) is 3.38. The average molecular weight is 424 g/mol. The van der Waals surface area contributed by atoms with Crippen molar-refractivity contribution < 1.29 is 9.53 Å². The second-order valence-electron chi connectivity index (χ2n) is 6.30. The summed E-state index contributed by atoms with van der Waals surface area (Å²) in [6.07, 6.45) is 1.80. The van der Waals surface area contributed by atoms with Gasteiger partial charge in [0, 0.05) is 18.0 Å². The van der Waals surface area contributed by atoms with Gasteiger partial charge in [0.2, 0.25) is 0 Å². The van der Waals surface area contributed by atoms with Crippen molar-refractivity contribution in [2.45, 2.75) is 0 Å². The first-order valence-corrected chi connectivity index (χ1v) is 10.7. The van der Waals surface area contributed by atoms with Gasteiger partial charge in [-0.05, 0) is 29.7 Å². The molecule has 1 saturated heterocycles. The molecule has 29 heavy (non-hydrogen) atoms. The fourth-order valence-corrected chi connectivity index (χ4v) is 4.90. The van der Waals surface area contributed by atoms with E-state index in [2.05, 4.69) is 0 Å². The van der Waals surface area contributed by atoms with E-state index in [1.165, 1.54) is 27.2 Å². The summed E-state index contributed by atoms with van der Waals surface area (Å²) in [5, 5.41) is 11.8. The number of para-hydroxylation sites is 1. The van der Waals surface area contributed by atoms with Gasteiger partial charge in [0.05, 0.1) is 23.4 Å². The molecule has 3 aromatic rings. The van der Waals surface area contributed by atoms with E-state index in [0.717, 1.165) is 4.88 Å². The second kappa shape index (κ2) is 8.57. The molecule has 8 heteroatoms. The van der Waals surface area contributed by atoms with Crippen molar-refractivity contribution in [3.05, 3.63) is 72.3 Å². The number of thiophene rings is 1. The Hall–Kier alpha value is -2.99. The van der Waals surface area contributed by atoms with Crippen molar-refractivity contribution in [1.29, 1.82) is 5.26 Å². The van der Waals surface area contributed by atoms with Crippen LogP contribution in [0, 0.1) is 11.3 Å². The molecule has 0 saturated carbocycles. The normalized spacial score (nSPS) is 15.8. The molecule has 0 aliphatic carbocycles. The highest BCUT2D eigenvalue weighted by Crippen LogP contribution is 2.10. The minimum Gasteiger partial charge on any atom is -0.378 e. The molecule has 2 aromatic heterocycles. The first-order valence-electron chi connectivity index (χ1n) is 9.03. The van der Waals surface area contributed by atoms with Crippen molar-refractivity contribution >= 4 is 40.2 Å². The van der Waals surface area contributed by atoms with Crippen LogP contribution in [0.1, 0.15) is 4.88 Å². The standard InChI is InChI=1S/C21H17N3O3S2/c22-14-17(19(25)23-8-10-27-11-9-23)21-24(15-5-2-1-3-6-15)20(26)18(29-21)13-16-7-4-12-28-16/h1-7,12-13H,8-11H2/b18-13-,21-17-. The molecule has 3 heterocycles. The van der Waals surface area contributed by atoms with Crippen LogP contribution in [0.2, 0.25) is 0 Å². The Kier molecular flexibility index (Phi) is 5.71. The maximum Gasteiger partial charge on any atom is 0.273 e. The molecule has 1 aliphatic rings. The summed E-state index contributed by atoms with van der Waals surface area (Å²) < 4.78 is 7.59. The number of hydrogen-bond donors (Lipinski definition) is 0. The summed E-state index contributed by atoms with van der Waals surface area (Å²) in [6, 6.07) is 15.0. The highest BCUT2D eigenvalue weighted by Gasteiger charge is 2.23. The Bertz CT molecular complexity index is 1230. The number of rotatable bonds is 3. The smallest absolute Gasteiger partial charge is 0.273 e. The maximum atomic E-state index is 13.2. The van der Waals surface area contributed by atoms with Crippen molar-refractivity contribution in [2.24, 2.45) is 0 Å². The first-order chi connectivity index (χ1) is 14.2. The first kappa shape index (κ1) is 19.3. The number of benzene rings is 1. The largest absolute Gasteiger partial charge is 0.378 e. The van der Waals surface area contributed by atoms with Crippen LogP contribution in [0.4, 0.5) is 0 Å². The third-order valence-corrected chi connectivity index (χ3v) is 6.40. The number of morpholine rings is 1. The molecule has 4 rings (SSSR count). The van der Waals surface area contributed by atoms with Crippen LogP contribution in [0.3, 0.4) is 0 Å². The number of nitriles is 1. The van der Waals surface area contributed by atoms with E-state index < -0.39 is 0 Å². The molecule has 0 N–H and O–H groups in total. The van der Waals surface area contributed by atoms with E-state index in [1.807, 2.05) is 41.8 Å². The second-order valence-corrected chi connectivity index (χ2v) is 8.31. The Morgan fingerprint density at radius 3 is 2.55 bits per heavy atom. The van der Waals surface area contributed by atoms with Crippen LogP contribution in [0.15, 0.2) is 52.6 Å². The molecular formula is C21H17N3O3S2. The zero-order valence-electron chi connectivity index (χ0n) is 15.4. The highest BCUT2D eigenvalue weighted by atomic mass is 32.1. The van der Waals surface area contributed by atoms with Gasteiger partial charge in [0.1, 0.15) is 10.7 Å². The fourth-order valence-electron chi connectivity index (χ4n) is 3.08. The Morgan fingerprint density at radius 2 is 1.90 bits per heavy atom. The maximum absolute atomic E-state index is 13.2.